The van der Waals surface area contributed by atoms with Crippen LogP contribution in [0, 0.1) is 24.7 Å². The number of carbonyl (C=O) groups excluding carboxylic acids is 2. The van der Waals surface area contributed by atoms with Crippen molar-refractivity contribution < 1.29 is 9.59 Å². The lowest BCUT2D eigenvalue weighted by atomic mass is 9.76. The number of rotatable bonds is 8. The van der Waals surface area contributed by atoms with Crippen LogP contribution in [-0.4, -0.2) is 16.7 Å². The Morgan fingerprint density at radius 1 is 0.923 bits per heavy atom. The van der Waals surface area contributed by atoms with E-state index in [1.807, 2.05) is 24.3 Å². The van der Waals surface area contributed by atoms with Gasteiger partial charge in [0.05, 0.1) is 21.3 Å². The lowest BCUT2D eigenvalue weighted by molar-refractivity contribution is -0.127. The van der Waals surface area contributed by atoms with Crippen molar-refractivity contribution in [2.24, 2.45) is 17.8 Å². The van der Waals surface area contributed by atoms with Gasteiger partial charge in [-0.1, -0.05) is 57.2 Å². The molecular formula is C34H42N2O2S. The van der Waals surface area contributed by atoms with Crippen LogP contribution in [0.1, 0.15) is 105 Å². The number of nitrogens with zero attached hydrogens (tertiary/aromatic N) is 1. The number of thiazole rings is 1. The van der Waals surface area contributed by atoms with E-state index in [1.54, 1.807) is 5.51 Å². The Bertz CT molecular complexity index is 1330. The fourth-order valence-corrected chi connectivity index (χ4v) is 7.48. The van der Waals surface area contributed by atoms with Gasteiger partial charge in [-0.25, -0.2) is 4.98 Å². The number of anilines is 1. The van der Waals surface area contributed by atoms with E-state index in [4.69, 9.17) is 0 Å². The van der Waals surface area contributed by atoms with Crippen LogP contribution in [0.2, 0.25) is 0 Å². The Labute approximate surface area is 237 Å². The van der Waals surface area contributed by atoms with Crippen LogP contribution in [0.3, 0.4) is 0 Å². The maximum atomic E-state index is 13.3. The van der Waals surface area contributed by atoms with Gasteiger partial charge in [-0.05, 0) is 98.8 Å². The molecule has 2 aliphatic rings. The third kappa shape index (κ3) is 6.51. The van der Waals surface area contributed by atoms with E-state index in [2.05, 4.69) is 42.4 Å². The van der Waals surface area contributed by atoms with Crippen LogP contribution >= 0.6 is 11.3 Å². The Morgan fingerprint density at radius 3 is 2.36 bits per heavy atom. The fourth-order valence-electron chi connectivity index (χ4n) is 6.68. The van der Waals surface area contributed by atoms with Crippen LogP contribution in [0.5, 0.6) is 0 Å². The number of hydrogen-bond acceptors (Lipinski definition) is 4. The number of Topliss-reactive ketones (excluding diaryl/α,β-unsaturated/α-hetero) is 1. The maximum absolute atomic E-state index is 13.3. The predicted molar refractivity (Wildman–Crippen MR) is 163 cm³/mol. The first kappa shape index (κ1) is 27.8. The molecule has 1 aromatic heterocycles. The van der Waals surface area contributed by atoms with Crippen molar-refractivity contribution in [1.82, 2.24) is 4.98 Å². The van der Waals surface area contributed by atoms with Gasteiger partial charge in [-0.2, -0.15) is 0 Å². The molecule has 5 heteroatoms. The molecule has 0 aliphatic heterocycles. The lowest BCUT2D eigenvalue weighted by Gasteiger charge is -2.28. The molecule has 2 saturated carbocycles. The Morgan fingerprint density at radius 2 is 1.62 bits per heavy atom. The van der Waals surface area contributed by atoms with Crippen LogP contribution in [0.15, 0.2) is 48.0 Å². The molecule has 2 aliphatic carbocycles. The van der Waals surface area contributed by atoms with Crippen molar-refractivity contribution in [3.63, 3.8) is 0 Å². The third-order valence-electron chi connectivity index (χ3n) is 8.88. The van der Waals surface area contributed by atoms with Crippen LogP contribution in [-0.2, 0) is 4.79 Å². The predicted octanol–water partition coefficient (Wildman–Crippen LogP) is 9.39. The molecule has 3 aromatic rings. The van der Waals surface area contributed by atoms with Crippen molar-refractivity contribution in [2.45, 2.75) is 90.9 Å². The lowest BCUT2D eigenvalue weighted by Crippen LogP contribution is -2.24. The monoisotopic (exact) mass is 542 g/mol. The number of ketones is 1. The minimum atomic E-state index is -0.0991. The van der Waals surface area contributed by atoms with Gasteiger partial charge in [0.1, 0.15) is 5.78 Å². The second kappa shape index (κ2) is 13.0. The van der Waals surface area contributed by atoms with E-state index in [0.717, 1.165) is 67.3 Å². The topological polar surface area (TPSA) is 59.1 Å². The molecular weight excluding hydrogens is 500 g/mol. The number of amides is 1. The number of nitrogens with one attached hydrogen (secondary N) is 1. The van der Waals surface area contributed by atoms with Crippen molar-refractivity contribution >= 4 is 44.5 Å². The summed E-state index contributed by atoms with van der Waals surface area (Å²) < 4.78 is 0.919. The molecule has 0 radical (unpaired) electrons. The van der Waals surface area contributed by atoms with Crippen LogP contribution < -0.4 is 5.32 Å². The average molecular weight is 543 g/mol. The van der Waals surface area contributed by atoms with E-state index in [0.29, 0.717) is 23.2 Å². The number of aryl methyl sites for hydroxylation is 1. The highest BCUT2D eigenvalue weighted by Gasteiger charge is 2.31. The van der Waals surface area contributed by atoms with Crippen LogP contribution in [0.25, 0.3) is 15.8 Å². The first-order chi connectivity index (χ1) is 19.0. The van der Waals surface area contributed by atoms with E-state index in [1.165, 1.54) is 53.7 Å². The molecule has 0 bridgehead atoms. The summed E-state index contributed by atoms with van der Waals surface area (Å²) in [6.45, 7) is 4.40. The van der Waals surface area contributed by atoms with E-state index >= 15 is 0 Å². The van der Waals surface area contributed by atoms with Gasteiger partial charge in [0.2, 0.25) is 0 Å². The molecule has 2 unspecified atom stereocenters. The fraction of sp³-hybridized carbons (Fsp3) is 0.500. The summed E-state index contributed by atoms with van der Waals surface area (Å²) in [6, 6.07) is 12.0. The first-order valence-electron chi connectivity index (χ1n) is 15.0. The van der Waals surface area contributed by atoms with Crippen LogP contribution in [0.4, 0.5) is 5.69 Å². The molecule has 0 saturated heterocycles. The van der Waals surface area contributed by atoms with E-state index in [9.17, 15) is 9.59 Å². The molecule has 1 N–H and O–H groups in total. The third-order valence-corrected chi connectivity index (χ3v) is 9.75. The van der Waals surface area contributed by atoms with E-state index in [-0.39, 0.29) is 11.8 Å². The quantitative estimate of drug-likeness (QED) is 0.308. The second-order valence-corrected chi connectivity index (χ2v) is 12.4. The number of fused-ring (bicyclic) bond motifs is 1. The Kier molecular flexibility index (Phi) is 9.28. The highest BCUT2D eigenvalue weighted by molar-refractivity contribution is 7.17. The van der Waals surface area contributed by atoms with Crippen molar-refractivity contribution in [3.05, 3.63) is 64.7 Å². The number of aromatic nitrogens is 1. The molecule has 206 valence electrons. The number of unbranched alkanes of at least 4 members (excludes halogenated alkanes) is 1. The molecule has 1 amide bonds. The largest absolute Gasteiger partial charge is 0.322 e. The molecule has 39 heavy (non-hydrogen) atoms. The summed E-state index contributed by atoms with van der Waals surface area (Å²) in [7, 11) is 0. The van der Waals surface area contributed by atoms with Gasteiger partial charge in [-0.15, -0.1) is 11.3 Å². The zero-order valence-electron chi connectivity index (χ0n) is 23.5. The number of allylic oxidation sites excluding steroid dienone is 2. The Hall–Kier alpha value is -2.79. The number of carbonyl (C=O) groups is 2. The van der Waals surface area contributed by atoms with Gasteiger partial charge in [0, 0.05) is 17.5 Å². The summed E-state index contributed by atoms with van der Waals surface area (Å²) in [5.74, 6) is 1.47. The van der Waals surface area contributed by atoms with Gasteiger partial charge < -0.3 is 5.32 Å². The average Bonchev–Trinajstić information content (AvgIpc) is 3.63. The van der Waals surface area contributed by atoms with E-state index < -0.39 is 0 Å². The summed E-state index contributed by atoms with van der Waals surface area (Å²) in [4.78, 5) is 30.9. The highest BCUT2D eigenvalue weighted by Crippen LogP contribution is 2.40. The SMILES string of the molecule is CCCC=C(c1cc(NC(=O)c2cccc3ncsc23)ccc1C)C1CCCCC(C(=O)C2CCCC2)CC1. The molecule has 0 spiro atoms. The molecule has 2 atom stereocenters. The second-order valence-electron chi connectivity index (χ2n) is 11.6. The van der Waals surface area contributed by atoms with Crippen molar-refractivity contribution in [2.75, 3.05) is 5.32 Å². The first-order valence-corrected chi connectivity index (χ1v) is 15.9. The highest BCUT2D eigenvalue weighted by atomic mass is 32.1. The van der Waals surface area contributed by atoms with Gasteiger partial charge in [0.25, 0.3) is 5.91 Å². The van der Waals surface area contributed by atoms with Gasteiger partial charge in [0.15, 0.2) is 0 Å². The number of hydrogen-bond donors (Lipinski definition) is 1. The van der Waals surface area contributed by atoms with Gasteiger partial charge in [-0.3, -0.25) is 9.59 Å². The zero-order valence-corrected chi connectivity index (χ0v) is 24.3. The minimum Gasteiger partial charge on any atom is -0.322 e. The molecule has 4 nitrogen and oxygen atoms in total. The standard InChI is InChI=1S/C34H42N2O2S/c1-3-4-14-28(24-10-5-6-13-26(19-18-24)32(37)25-11-7-8-12-25)30-21-27(20-17-23(30)2)36-34(38)29-15-9-16-31-33(29)39-22-35-31/h9,14-17,20-22,24-26H,3-8,10-13,18-19H2,1-2H3,(H,36,38). The maximum Gasteiger partial charge on any atom is 0.257 e. The van der Waals surface area contributed by atoms with Crippen molar-refractivity contribution in [3.8, 4) is 0 Å². The zero-order chi connectivity index (χ0) is 27.2. The molecule has 1 heterocycles. The Balaban J connectivity index is 1.37. The minimum absolute atomic E-state index is 0.0991. The summed E-state index contributed by atoms with van der Waals surface area (Å²) in [5, 5.41) is 3.17. The molecule has 2 aromatic carbocycles. The summed E-state index contributed by atoms with van der Waals surface area (Å²) >= 11 is 1.50. The van der Waals surface area contributed by atoms with Crippen molar-refractivity contribution in [1.29, 1.82) is 0 Å². The normalized spacial score (nSPS) is 21.0. The summed E-state index contributed by atoms with van der Waals surface area (Å²) in [6.07, 6.45) is 15.9. The molecule has 5 rings (SSSR count). The number of benzene rings is 2. The smallest absolute Gasteiger partial charge is 0.257 e. The summed E-state index contributed by atoms with van der Waals surface area (Å²) in [5.41, 5.74) is 8.01. The molecule has 2 fully saturated rings. The van der Waals surface area contributed by atoms with Gasteiger partial charge >= 0.3 is 0 Å².